The molecule has 3 atom stereocenters. The van der Waals surface area contributed by atoms with Crippen molar-refractivity contribution in [2.75, 3.05) is 19.6 Å². The number of benzene rings is 1. The maximum atomic E-state index is 13.8. The van der Waals surface area contributed by atoms with Crippen molar-refractivity contribution in [1.82, 2.24) is 15.0 Å². The molecule has 2 aliphatic rings. The third-order valence-corrected chi connectivity index (χ3v) is 5.93. The summed E-state index contributed by atoms with van der Waals surface area (Å²) in [5.74, 6) is 0.877. The second kappa shape index (κ2) is 7.61. The fraction of sp³-hybridized carbons (Fsp3) is 0.500. The van der Waals surface area contributed by atoms with Gasteiger partial charge >= 0.3 is 0 Å². The van der Waals surface area contributed by atoms with Crippen LogP contribution in [0.25, 0.3) is 0 Å². The molecule has 0 bridgehead atoms. The number of halogens is 1. The van der Waals surface area contributed by atoms with Gasteiger partial charge in [-0.15, -0.1) is 0 Å². The zero-order valence-electron chi connectivity index (χ0n) is 17.0. The summed E-state index contributed by atoms with van der Waals surface area (Å²) in [4.78, 5) is 28.8. The average Bonchev–Trinajstić information content (AvgIpc) is 3.34. The van der Waals surface area contributed by atoms with Gasteiger partial charge in [-0.05, 0) is 23.6 Å². The molecule has 2 aliphatic heterocycles. The molecule has 0 radical (unpaired) electrons. The molecule has 29 heavy (non-hydrogen) atoms. The van der Waals surface area contributed by atoms with Crippen LogP contribution in [-0.4, -0.2) is 46.4 Å². The summed E-state index contributed by atoms with van der Waals surface area (Å²) in [6, 6.07) is 7.91. The van der Waals surface area contributed by atoms with Gasteiger partial charge in [-0.25, -0.2) is 4.39 Å². The van der Waals surface area contributed by atoms with Crippen LogP contribution in [0.3, 0.4) is 0 Å². The van der Waals surface area contributed by atoms with Crippen LogP contribution in [0.2, 0.25) is 0 Å². The van der Waals surface area contributed by atoms with Gasteiger partial charge < -0.3 is 14.3 Å². The number of carbonyl (C=O) groups is 2. The molecule has 1 aromatic heterocycles. The van der Waals surface area contributed by atoms with Crippen molar-refractivity contribution in [1.29, 1.82) is 0 Å². The number of hydrogen-bond acceptors (Lipinski definition) is 4. The molecule has 1 aromatic carbocycles. The van der Waals surface area contributed by atoms with Gasteiger partial charge in [0.25, 0.3) is 5.91 Å². The number of aromatic nitrogens is 1. The Morgan fingerprint density at radius 2 is 2.03 bits per heavy atom. The van der Waals surface area contributed by atoms with Crippen LogP contribution in [0.5, 0.6) is 0 Å². The van der Waals surface area contributed by atoms with E-state index < -0.39 is 0 Å². The number of likely N-dealkylation sites (tertiary alicyclic amines) is 2. The number of amides is 2. The van der Waals surface area contributed by atoms with Crippen molar-refractivity contribution in [2.45, 2.75) is 33.2 Å². The van der Waals surface area contributed by atoms with E-state index in [1.165, 1.54) is 12.1 Å². The van der Waals surface area contributed by atoms with Crippen LogP contribution in [0.15, 0.2) is 34.9 Å². The molecule has 7 heteroatoms. The largest absolute Gasteiger partial charge is 0.361 e. The Morgan fingerprint density at radius 1 is 1.24 bits per heavy atom. The molecular formula is C22H26FN3O3. The standard InChI is InChI=1S/C22H26FN3O3/c1-13(2)7-18-9-20(24-29-18)22(28)25-10-16-11-26(14(3)27)21(19(16)12-25)15-5-4-6-17(23)8-15/h4-6,8-9,13,16,19,21H,7,10-12H2,1-3H3/t16-,19-,21+/m1/s1. The number of fused-ring (bicyclic) bond motifs is 1. The molecule has 2 amide bonds. The van der Waals surface area contributed by atoms with Crippen LogP contribution in [-0.2, 0) is 11.2 Å². The minimum Gasteiger partial charge on any atom is -0.361 e. The molecule has 2 aromatic rings. The van der Waals surface area contributed by atoms with Crippen LogP contribution in [0.1, 0.15) is 48.6 Å². The number of rotatable bonds is 4. The Balaban J connectivity index is 1.54. The third kappa shape index (κ3) is 3.78. The first-order chi connectivity index (χ1) is 13.8. The van der Waals surface area contributed by atoms with E-state index in [2.05, 4.69) is 19.0 Å². The smallest absolute Gasteiger partial charge is 0.276 e. The molecular weight excluding hydrogens is 373 g/mol. The molecule has 4 rings (SSSR count). The van der Waals surface area contributed by atoms with Gasteiger partial charge in [0.15, 0.2) is 5.69 Å². The molecule has 2 saturated heterocycles. The SMILES string of the molecule is CC(=O)N1C[C@H]2CN(C(=O)c3cc(CC(C)C)on3)C[C@H]2[C@@H]1c1cccc(F)c1. The minimum atomic E-state index is -0.319. The van der Waals surface area contributed by atoms with Gasteiger partial charge in [0.05, 0.1) is 6.04 Å². The molecule has 6 nitrogen and oxygen atoms in total. The molecule has 154 valence electrons. The Hall–Kier alpha value is -2.70. The van der Waals surface area contributed by atoms with Gasteiger partial charge in [-0.1, -0.05) is 31.1 Å². The van der Waals surface area contributed by atoms with Gasteiger partial charge in [-0.2, -0.15) is 0 Å². The second-order valence-electron chi connectivity index (χ2n) is 8.58. The Labute approximate surface area is 169 Å². The number of carbonyl (C=O) groups excluding carboxylic acids is 2. The maximum absolute atomic E-state index is 13.8. The van der Waals surface area contributed by atoms with E-state index in [0.717, 1.165) is 12.0 Å². The van der Waals surface area contributed by atoms with Crippen molar-refractivity contribution in [3.8, 4) is 0 Å². The Morgan fingerprint density at radius 3 is 2.72 bits per heavy atom. The fourth-order valence-corrected chi connectivity index (χ4v) is 4.73. The van der Waals surface area contributed by atoms with Crippen molar-refractivity contribution in [3.05, 3.63) is 53.2 Å². The van der Waals surface area contributed by atoms with Gasteiger partial charge in [0.1, 0.15) is 11.6 Å². The van der Waals surface area contributed by atoms with Gasteiger partial charge in [-0.3, -0.25) is 9.59 Å². The summed E-state index contributed by atoms with van der Waals surface area (Å²) in [7, 11) is 0. The molecule has 3 heterocycles. The molecule has 2 fully saturated rings. The molecule has 0 unspecified atom stereocenters. The Bertz CT molecular complexity index is 926. The lowest BCUT2D eigenvalue weighted by molar-refractivity contribution is -0.130. The lowest BCUT2D eigenvalue weighted by atomic mass is 9.89. The zero-order chi connectivity index (χ0) is 20.7. The summed E-state index contributed by atoms with van der Waals surface area (Å²) in [5, 5.41) is 3.96. The third-order valence-electron chi connectivity index (χ3n) is 5.93. The second-order valence-corrected chi connectivity index (χ2v) is 8.58. The first-order valence-electron chi connectivity index (χ1n) is 10.1. The van der Waals surface area contributed by atoms with Crippen LogP contribution in [0, 0.1) is 23.6 Å². The predicted molar refractivity (Wildman–Crippen MR) is 104 cm³/mol. The predicted octanol–water partition coefficient (Wildman–Crippen LogP) is 3.30. The number of nitrogens with zero attached hydrogens (tertiary/aromatic N) is 3. The summed E-state index contributed by atoms with van der Waals surface area (Å²) in [6.45, 7) is 7.36. The monoisotopic (exact) mass is 399 g/mol. The summed E-state index contributed by atoms with van der Waals surface area (Å²) in [6.07, 6.45) is 0.737. The highest BCUT2D eigenvalue weighted by Gasteiger charge is 2.49. The van der Waals surface area contributed by atoms with Crippen molar-refractivity contribution in [3.63, 3.8) is 0 Å². The first kappa shape index (κ1) is 19.6. The van der Waals surface area contributed by atoms with E-state index in [9.17, 15) is 14.0 Å². The molecule has 0 N–H and O–H groups in total. The first-order valence-corrected chi connectivity index (χ1v) is 10.1. The van der Waals surface area contributed by atoms with Crippen LogP contribution >= 0.6 is 0 Å². The number of hydrogen-bond donors (Lipinski definition) is 0. The van der Waals surface area contributed by atoms with Crippen molar-refractivity contribution < 1.29 is 18.5 Å². The highest BCUT2D eigenvalue weighted by atomic mass is 19.1. The van der Waals surface area contributed by atoms with E-state index in [1.54, 1.807) is 24.0 Å². The fourth-order valence-electron chi connectivity index (χ4n) is 4.73. The average molecular weight is 399 g/mol. The summed E-state index contributed by atoms with van der Waals surface area (Å²) in [5.41, 5.74) is 1.11. The van der Waals surface area contributed by atoms with E-state index in [0.29, 0.717) is 37.0 Å². The van der Waals surface area contributed by atoms with Crippen molar-refractivity contribution >= 4 is 11.8 Å². The molecule has 0 spiro atoms. The topological polar surface area (TPSA) is 66.7 Å². The Kier molecular flexibility index (Phi) is 5.15. The minimum absolute atomic E-state index is 0.0265. The normalized spacial score (nSPS) is 23.7. The molecule has 0 aliphatic carbocycles. The lowest BCUT2D eigenvalue weighted by Crippen LogP contribution is -2.36. The zero-order valence-corrected chi connectivity index (χ0v) is 17.0. The van der Waals surface area contributed by atoms with E-state index in [4.69, 9.17) is 4.52 Å². The summed E-state index contributed by atoms with van der Waals surface area (Å²) < 4.78 is 19.1. The highest BCUT2D eigenvalue weighted by Crippen LogP contribution is 2.45. The maximum Gasteiger partial charge on any atom is 0.276 e. The van der Waals surface area contributed by atoms with E-state index in [1.807, 2.05) is 11.0 Å². The quantitative estimate of drug-likeness (QED) is 0.791. The highest BCUT2D eigenvalue weighted by molar-refractivity contribution is 5.92. The van der Waals surface area contributed by atoms with E-state index in [-0.39, 0.29) is 35.5 Å². The van der Waals surface area contributed by atoms with Gasteiger partial charge in [0.2, 0.25) is 5.91 Å². The van der Waals surface area contributed by atoms with Crippen LogP contribution in [0.4, 0.5) is 4.39 Å². The van der Waals surface area contributed by atoms with Crippen LogP contribution < -0.4 is 0 Å². The summed E-state index contributed by atoms with van der Waals surface area (Å²) >= 11 is 0. The van der Waals surface area contributed by atoms with E-state index >= 15 is 0 Å². The van der Waals surface area contributed by atoms with Crippen molar-refractivity contribution in [2.24, 2.45) is 17.8 Å². The lowest BCUT2D eigenvalue weighted by Gasteiger charge is -2.29. The molecule has 0 saturated carbocycles. The van der Waals surface area contributed by atoms with Gasteiger partial charge in [0, 0.05) is 50.9 Å².